The number of likely N-dealkylation sites (tertiary alicyclic amines) is 1. The van der Waals surface area contributed by atoms with E-state index in [1.54, 1.807) is 7.05 Å². The van der Waals surface area contributed by atoms with Crippen molar-refractivity contribution in [3.63, 3.8) is 0 Å². The van der Waals surface area contributed by atoms with Gasteiger partial charge in [0.2, 0.25) is 0 Å². The van der Waals surface area contributed by atoms with E-state index in [0.29, 0.717) is 24.5 Å². The summed E-state index contributed by atoms with van der Waals surface area (Å²) in [6.07, 6.45) is -0.386. The topological polar surface area (TPSA) is 78.0 Å². The largest absolute Gasteiger partial charge is 0.444 e. The zero-order valence-electron chi connectivity index (χ0n) is 18.7. The van der Waals surface area contributed by atoms with Gasteiger partial charge >= 0.3 is 6.09 Å². The van der Waals surface area contributed by atoms with Crippen LogP contribution in [0.1, 0.15) is 55.4 Å². The Morgan fingerprint density at radius 2 is 1.85 bits per heavy atom. The third kappa shape index (κ3) is 8.37. The molecular weight excluding hydrogens is 342 g/mol. The number of aliphatic imine (C=N–C) groups is 1. The van der Waals surface area contributed by atoms with Crippen molar-refractivity contribution < 1.29 is 9.53 Å². The number of hydrogen-bond donors (Lipinski definition) is 3. The molecule has 7 nitrogen and oxygen atoms in total. The van der Waals surface area contributed by atoms with Gasteiger partial charge in [0.25, 0.3) is 0 Å². The van der Waals surface area contributed by atoms with Crippen LogP contribution in [0.25, 0.3) is 0 Å². The summed E-state index contributed by atoms with van der Waals surface area (Å²) in [5, 5.41) is 9.86. The molecule has 0 aromatic rings. The minimum absolute atomic E-state index is 0.0495. The molecule has 1 saturated heterocycles. The highest BCUT2D eigenvalue weighted by atomic mass is 16.6. The van der Waals surface area contributed by atoms with Gasteiger partial charge in [-0.2, -0.15) is 0 Å². The molecule has 3 unspecified atom stereocenters. The van der Waals surface area contributed by atoms with Crippen molar-refractivity contribution in [2.75, 3.05) is 26.7 Å². The predicted molar refractivity (Wildman–Crippen MR) is 112 cm³/mol. The summed E-state index contributed by atoms with van der Waals surface area (Å²) in [7, 11) is 1.78. The first-order valence-electron chi connectivity index (χ1n) is 10.1. The lowest BCUT2D eigenvalue weighted by atomic mass is 10.0. The van der Waals surface area contributed by atoms with Gasteiger partial charge in [0.15, 0.2) is 5.96 Å². The van der Waals surface area contributed by atoms with Crippen molar-refractivity contribution >= 4 is 12.1 Å². The van der Waals surface area contributed by atoms with Gasteiger partial charge in [-0.25, -0.2) is 4.79 Å². The number of rotatable bonds is 6. The molecule has 1 aliphatic rings. The molecule has 0 spiro atoms. The predicted octanol–water partition coefficient (Wildman–Crippen LogP) is 2.43. The van der Waals surface area contributed by atoms with Crippen LogP contribution in [-0.2, 0) is 4.74 Å². The summed E-state index contributed by atoms with van der Waals surface area (Å²) in [5.74, 6) is 1.60. The van der Waals surface area contributed by atoms with Gasteiger partial charge in [-0.1, -0.05) is 20.8 Å². The first-order chi connectivity index (χ1) is 12.4. The molecule has 3 atom stereocenters. The Morgan fingerprint density at radius 1 is 1.22 bits per heavy atom. The van der Waals surface area contributed by atoms with Gasteiger partial charge in [-0.3, -0.25) is 9.89 Å². The summed E-state index contributed by atoms with van der Waals surface area (Å²) in [5.41, 5.74) is -0.502. The van der Waals surface area contributed by atoms with Crippen molar-refractivity contribution in [3.05, 3.63) is 0 Å². The van der Waals surface area contributed by atoms with Gasteiger partial charge < -0.3 is 20.7 Å². The van der Waals surface area contributed by atoms with E-state index >= 15 is 0 Å². The molecule has 7 heteroatoms. The first kappa shape index (κ1) is 23.5. The van der Waals surface area contributed by atoms with E-state index in [9.17, 15) is 4.79 Å². The van der Waals surface area contributed by atoms with Crippen molar-refractivity contribution in [1.29, 1.82) is 0 Å². The third-order valence-corrected chi connectivity index (χ3v) is 4.91. The van der Waals surface area contributed by atoms with Gasteiger partial charge in [-0.15, -0.1) is 0 Å². The number of carbonyl (C=O) groups excluding carboxylic acids is 1. The first-order valence-corrected chi connectivity index (χ1v) is 10.1. The molecule has 1 fully saturated rings. The number of nitrogens with one attached hydrogen (secondary N) is 3. The fourth-order valence-electron chi connectivity index (χ4n) is 3.10. The molecule has 0 radical (unpaired) electrons. The molecular formula is C20H41N5O2. The Bertz CT molecular complexity index is 499. The van der Waals surface area contributed by atoms with Crippen LogP contribution < -0.4 is 16.0 Å². The molecule has 0 aromatic carbocycles. The van der Waals surface area contributed by atoms with Crippen LogP contribution in [0.3, 0.4) is 0 Å². The Balaban J connectivity index is 2.57. The molecule has 3 N–H and O–H groups in total. The molecule has 0 aliphatic carbocycles. The Morgan fingerprint density at radius 3 is 2.30 bits per heavy atom. The van der Waals surface area contributed by atoms with Gasteiger partial charge in [0, 0.05) is 38.8 Å². The summed E-state index contributed by atoms with van der Waals surface area (Å²) in [6, 6.07) is 0.874. The number of carbonyl (C=O) groups is 1. The summed E-state index contributed by atoms with van der Waals surface area (Å²) in [6.45, 7) is 19.2. The molecule has 0 saturated carbocycles. The Labute approximate surface area is 165 Å². The maximum atomic E-state index is 12.1. The van der Waals surface area contributed by atoms with Crippen LogP contribution in [0.2, 0.25) is 0 Å². The molecule has 0 bridgehead atoms. The summed E-state index contributed by atoms with van der Waals surface area (Å²) in [4.78, 5) is 18.9. The lowest BCUT2D eigenvalue weighted by molar-refractivity contribution is 0.0491. The fraction of sp³-hybridized carbons (Fsp3) is 0.900. The highest BCUT2D eigenvalue weighted by Gasteiger charge is 2.31. The van der Waals surface area contributed by atoms with Crippen LogP contribution in [0.4, 0.5) is 4.79 Å². The quantitative estimate of drug-likeness (QED) is 0.485. The van der Waals surface area contributed by atoms with Crippen molar-refractivity contribution in [1.82, 2.24) is 20.9 Å². The van der Waals surface area contributed by atoms with Crippen LogP contribution in [-0.4, -0.2) is 67.4 Å². The number of guanidine groups is 1. The van der Waals surface area contributed by atoms with Crippen LogP contribution in [0, 0.1) is 11.8 Å². The number of hydrogen-bond acceptors (Lipinski definition) is 4. The maximum Gasteiger partial charge on any atom is 0.407 e. The Hall–Kier alpha value is -1.50. The zero-order valence-corrected chi connectivity index (χ0v) is 18.7. The van der Waals surface area contributed by atoms with Gasteiger partial charge in [-0.05, 0) is 46.5 Å². The minimum atomic E-state index is -0.502. The lowest BCUT2D eigenvalue weighted by Gasteiger charge is -2.27. The fourth-order valence-corrected chi connectivity index (χ4v) is 3.10. The van der Waals surface area contributed by atoms with E-state index in [4.69, 9.17) is 4.74 Å². The average molecular weight is 384 g/mol. The number of alkyl carbamates (subject to hydrolysis) is 1. The normalized spacial score (nSPS) is 22.9. The van der Waals surface area contributed by atoms with Crippen molar-refractivity contribution in [2.45, 2.75) is 79.1 Å². The van der Waals surface area contributed by atoms with Gasteiger partial charge in [0.1, 0.15) is 5.60 Å². The second-order valence-electron chi connectivity index (χ2n) is 9.23. The van der Waals surface area contributed by atoms with E-state index in [1.807, 2.05) is 20.8 Å². The van der Waals surface area contributed by atoms with Crippen LogP contribution in [0.5, 0.6) is 0 Å². The van der Waals surface area contributed by atoms with E-state index in [2.05, 4.69) is 60.5 Å². The van der Waals surface area contributed by atoms with E-state index in [-0.39, 0.29) is 18.1 Å². The van der Waals surface area contributed by atoms with E-state index in [0.717, 1.165) is 19.0 Å². The molecule has 1 rings (SSSR count). The van der Waals surface area contributed by atoms with Crippen LogP contribution >= 0.6 is 0 Å². The number of amides is 1. The van der Waals surface area contributed by atoms with Gasteiger partial charge in [0.05, 0.1) is 6.04 Å². The molecule has 27 heavy (non-hydrogen) atoms. The lowest BCUT2D eigenvalue weighted by Crippen LogP contribution is -2.52. The molecule has 0 aromatic heterocycles. The second-order valence-corrected chi connectivity index (χ2v) is 9.23. The van der Waals surface area contributed by atoms with Crippen molar-refractivity contribution in [2.24, 2.45) is 16.8 Å². The highest BCUT2D eigenvalue weighted by molar-refractivity contribution is 5.80. The monoisotopic (exact) mass is 383 g/mol. The number of nitrogens with zero attached hydrogens (tertiary/aromatic N) is 2. The maximum absolute atomic E-state index is 12.1. The van der Waals surface area contributed by atoms with E-state index in [1.165, 1.54) is 0 Å². The third-order valence-electron chi connectivity index (χ3n) is 4.91. The average Bonchev–Trinajstić information content (AvgIpc) is 2.89. The Kier molecular flexibility index (Phi) is 8.85. The standard InChI is InChI=1S/C20H41N5O2/c1-13(2)16(24-19(26)27-20(6,7)8)10-22-18(21-9)23-17-12-25(14(3)4)11-15(17)5/h13-17H,10-12H2,1-9H3,(H,24,26)(H2,21,22,23). The molecule has 1 heterocycles. The van der Waals surface area contributed by atoms with Crippen molar-refractivity contribution in [3.8, 4) is 0 Å². The summed E-state index contributed by atoms with van der Waals surface area (Å²) < 4.78 is 5.38. The highest BCUT2D eigenvalue weighted by Crippen LogP contribution is 2.18. The molecule has 158 valence electrons. The molecule has 1 aliphatic heterocycles. The second kappa shape index (κ2) is 10.2. The minimum Gasteiger partial charge on any atom is -0.444 e. The zero-order chi connectivity index (χ0) is 20.8. The summed E-state index contributed by atoms with van der Waals surface area (Å²) >= 11 is 0. The number of ether oxygens (including phenoxy) is 1. The van der Waals surface area contributed by atoms with E-state index < -0.39 is 5.60 Å². The smallest absolute Gasteiger partial charge is 0.407 e. The SMILES string of the molecule is CN=C(NCC(NC(=O)OC(C)(C)C)C(C)C)NC1CN(C(C)C)CC1C. The molecule has 1 amide bonds. The van der Waals surface area contributed by atoms with Crippen LogP contribution in [0.15, 0.2) is 4.99 Å².